The third-order valence-corrected chi connectivity index (χ3v) is 3.90. The van der Waals surface area contributed by atoms with Crippen LogP contribution < -0.4 is 5.63 Å². The molecule has 1 fully saturated rings. The van der Waals surface area contributed by atoms with Gasteiger partial charge in [0.1, 0.15) is 5.58 Å². The Hall–Kier alpha value is -2.34. The summed E-state index contributed by atoms with van der Waals surface area (Å²) >= 11 is 0.809. The lowest BCUT2D eigenvalue weighted by Crippen LogP contribution is -2.22. The monoisotopic (exact) mass is 287 g/mol. The van der Waals surface area contributed by atoms with Crippen LogP contribution in [0.5, 0.6) is 0 Å². The van der Waals surface area contributed by atoms with Crippen molar-refractivity contribution < 1.29 is 14.0 Å². The molecule has 0 atom stereocenters. The van der Waals surface area contributed by atoms with Crippen molar-refractivity contribution in [1.82, 2.24) is 4.90 Å². The van der Waals surface area contributed by atoms with Gasteiger partial charge in [0.2, 0.25) is 0 Å². The highest BCUT2D eigenvalue weighted by Crippen LogP contribution is 2.30. The van der Waals surface area contributed by atoms with Crippen molar-refractivity contribution >= 4 is 40.0 Å². The maximum Gasteiger partial charge on any atom is 0.343 e. The summed E-state index contributed by atoms with van der Waals surface area (Å²) < 4.78 is 5.17. The molecular formula is C14H9NO4S. The van der Waals surface area contributed by atoms with Gasteiger partial charge in [0, 0.05) is 12.4 Å². The lowest BCUT2D eigenvalue weighted by Gasteiger charge is -2.01. The maximum absolute atomic E-state index is 11.9. The molecule has 100 valence electrons. The number of thioether (sulfide) groups is 1. The van der Waals surface area contributed by atoms with Crippen LogP contribution in [0.2, 0.25) is 0 Å². The van der Waals surface area contributed by atoms with Crippen LogP contribution in [0.4, 0.5) is 4.79 Å². The van der Waals surface area contributed by atoms with E-state index in [4.69, 9.17) is 4.42 Å². The molecule has 2 heterocycles. The number of rotatable bonds is 1. The van der Waals surface area contributed by atoms with Gasteiger partial charge >= 0.3 is 5.63 Å². The third kappa shape index (κ3) is 2.04. The van der Waals surface area contributed by atoms with E-state index in [1.54, 1.807) is 24.3 Å². The molecule has 2 amide bonds. The van der Waals surface area contributed by atoms with E-state index in [0.717, 1.165) is 22.0 Å². The highest BCUT2D eigenvalue weighted by molar-refractivity contribution is 8.18. The molecule has 1 aliphatic rings. The van der Waals surface area contributed by atoms with Crippen molar-refractivity contribution in [2.75, 3.05) is 7.05 Å². The summed E-state index contributed by atoms with van der Waals surface area (Å²) in [5.74, 6) is -0.410. The molecule has 0 radical (unpaired) electrons. The Kier molecular flexibility index (Phi) is 2.94. The summed E-state index contributed by atoms with van der Waals surface area (Å²) in [5, 5.41) is 0.403. The molecule has 0 saturated carbocycles. The molecule has 1 aromatic carbocycles. The molecule has 0 bridgehead atoms. The van der Waals surface area contributed by atoms with Gasteiger partial charge in [-0.25, -0.2) is 4.79 Å². The molecule has 2 aromatic rings. The molecule has 3 rings (SSSR count). The number of carbonyl (C=O) groups excluding carboxylic acids is 2. The molecule has 6 heteroatoms. The van der Waals surface area contributed by atoms with Gasteiger partial charge in [0.25, 0.3) is 11.1 Å². The number of amides is 2. The Labute approximate surface area is 117 Å². The normalized spacial score (nSPS) is 17.4. The topological polar surface area (TPSA) is 67.6 Å². The molecule has 0 spiro atoms. The van der Waals surface area contributed by atoms with E-state index in [-0.39, 0.29) is 15.7 Å². The Morgan fingerprint density at radius 2 is 1.95 bits per heavy atom. The van der Waals surface area contributed by atoms with Crippen molar-refractivity contribution in [3.8, 4) is 0 Å². The van der Waals surface area contributed by atoms with Crippen LogP contribution in [0, 0.1) is 0 Å². The lowest BCUT2D eigenvalue weighted by molar-refractivity contribution is -0.121. The van der Waals surface area contributed by atoms with Gasteiger partial charge in [-0.2, -0.15) is 0 Å². The number of benzene rings is 1. The zero-order chi connectivity index (χ0) is 14.3. The first-order valence-corrected chi connectivity index (χ1v) is 6.62. The maximum atomic E-state index is 11.9. The number of nitrogens with zero attached hydrogens (tertiary/aromatic N) is 1. The highest BCUT2D eigenvalue weighted by Gasteiger charge is 2.32. The van der Waals surface area contributed by atoms with Gasteiger partial charge in [-0.3, -0.25) is 14.5 Å². The molecule has 0 unspecified atom stereocenters. The number of fused-ring (bicyclic) bond motifs is 1. The fourth-order valence-electron chi connectivity index (χ4n) is 1.87. The summed E-state index contributed by atoms with van der Waals surface area (Å²) in [6.07, 6.45) is 1.40. The number of para-hydroxylation sites is 1. The van der Waals surface area contributed by atoms with Crippen LogP contribution in [-0.2, 0) is 4.79 Å². The predicted molar refractivity (Wildman–Crippen MR) is 76.2 cm³/mol. The van der Waals surface area contributed by atoms with Crippen molar-refractivity contribution in [3.63, 3.8) is 0 Å². The molecule has 1 aliphatic heterocycles. The first-order valence-electron chi connectivity index (χ1n) is 5.81. The van der Waals surface area contributed by atoms with Crippen LogP contribution in [-0.4, -0.2) is 23.1 Å². The van der Waals surface area contributed by atoms with Gasteiger partial charge in [0.05, 0.1) is 10.5 Å². The molecular weight excluding hydrogens is 278 g/mol. The minimum atomic E-state index is -0.536. The second-order valence-electron chi connectivity index (χ2n) is 4.27. The van der Waals surface area contributed by atoms with Crippen molar-refractivity contribution in [2.45, 2.75) is 0 Å². The number of likely N-dealkylation sites (N-methyl/N-ethyl adjacent to an activating group) is 1. The first-order chi connectivity index (χ1) is 9.56. The zero-order valence-corrected chi connectivity index (χ0v) is 11.3. The zero-order valence-electron chi connectivity index (χ0n) is 10.5. The molecule has 0 N–H and O–H groups in total. The molecule has 5 nitrogen and oxygen atoms in total. The SMILES string of the molecule is CN1C(=O)S/C(=C/c2cc3ccccc3oc2=O)C1=O. The fraction of sp³-hybridized carbons (Fsp3) is 0.0714. The summed E-state index contributed by atoms with van der Waals surface area (Å²) in [5.41, 5.74) is 0.201. The number of hydrogen-bond donors (Lipinski definition) is 0. The number of hydrogen-bond acceptors (Lipinski definition) is 5. The standard InChI is InChI=1S/C14H9NO4S/c1-15-12(16)11(20-14(15)18)7-9-6-8-4-2-3-5-10(8)19-13(9)17/h2-7H,1H3/b11-7+. The average Bonchev–Trinajstić information content (AvgIpc) is 2.67. The van der Waals surface area contributed by atoms with E-state index in [1.165, 1.54) is 13.1 Å². The van der Waals surface area contributed by atoms with Crippen molar-refractivity contribution in [1.29, 1.82) is 0 Å². The van der Waals surface area contributed by atoms with Crippen molar-refractivity contribution in [2.24, 2.45) is 0 Å². The fourth-order valence-corrected chi connectivity index (χ4v) is 2.68. The summed E-state index contributed by atoms with van der Waals surface area (Å²) in [4.78, 5) is 36.3. The van der Waals surface area contributed by atoms with E-state index >= 15 is 0 Å². The van der Waals surface area contributed by atoms with E-state index in [1.807, 2.05) is 6.07 Å². The predicted octanol–water partition coefficient (Wildman–Crippen LogP) is 2.46. The minimum absolute atomic E-state index is 0.222. The Morgan fingerprint density at radius 1 is 1.20 bits per heavy atom. The second-order valence-corrected chi connectivity index (χ2v) is 5.26. The molecule has 1 saturated heterocycles. The van der Waals surface area contributed by atoms with E-state index < -0.39 is 11.5 Å². The van der Waals surface area contributed by atoms with Gasteiger partial charge in [0.15, 0.2) is 0 Å². The van der Waals surface area contributed by atoms with E-state index in [0.29, 0.717) is 5.58 Å². The van der Waals surface area contributed by atoms with E-state index in [2.05, 4.69) is 0 Å². The van der Waals surface area contributed by atoms with Crippen LogP contribution in [0.1, 0.15) is 5.56 Å². The van der Waals surface area contributed by atoms with Gasteiger partial charge in [-0.15, -0.1) is 0 Å². The summed E-state index contributed by atoms with van der Waals surface area (Å²) in [7, 11) is 1.40. The van der Waals surface area contributed by atoms with Gasteiger partial charge < -0.3 is 4.42 Å². The first kappa shape index (κ1) is 12.7. The Bertz CT molecular complexity index is 821. The smallest absolute Gasteiger partial charge is 0.343 e. The summed E-state index contributed by atoms with van der Waals surface area (Å²) in [6, 6.07) is 8.74. The summed E-state index contributed by atoms with van der Waals surface area (Å²) in [6.45, 7) is 0. The van der Waals surface area contributed by atoms with Gasteiger partial charge in [-0.05, 0) is 30.0 Å². The van der Waals surface area contributed by atoms with Crippen molar-refractivity contribution in [3.05, 3.63) is 51.2 Å². The average molecular weight is 287 g/mol. The van der Waals surface area contributed by atoms with E-state index in [9.17, 15) is 14.4 Å². The number of carbonyl (C=O) groups is 2. The van der Waals surface area contributed by atoms with Crippen LogP contribution in [0.25, 0.3) is 17.0 Å². The third-order valence-electron chi connectivity index (χ3n) is 2.94. The van der Waals surface area contributed by atoms with Crippen LogP contribution in [0.15, 0.2) is 44.4 Å². The lowest BCUT2D eigenvalue weighted by atomic mass is 10.2. The molecule has 0 aliphatic carbocycles. The molecule has 20 heavy (non-hydrogen) atoms. The van der Waals surface area contributed by atoms with Gasteiger partial charge in [-0.1, -0.05) is 18.2 Å². The second kappa shape index (κ2) is 4.64. The largest absolute Gasteiger partial charge is 0.422 e. The minimum Gasteiger partial charge on any atom is -0.422 e. The molecule has 1 aromatic heterocycles. The highest BCUT2D eigenvalue weighted by atomic mass is 32.2. The Morgan fingerprint density at radius 3 is 2.65 bits per heavy atom. The van der Waals surface area contributed by atoms with Crippen LogP contribution in [0.3, 0.4) is 0 Å². The number of imide groups is 1. The Balaban J connectivity index is 2.12. The van der Waals surface area contributed by atoms with Crippen LogP contribution >= 0.6 is 11.8 Å². The quantitative estimate of drug-likeness (QED) is 0.595.